The molecule has 0 aliphatic carbocycles. The molecule has 0 saturated heterocycles. The van der Waals surface area contributed by atoms with Gasteiger partial charge in [0.2, 0.25) is 0 Å². The molecule has 3 rings (SSSR count). The number of thiazole rings is 1. The average molecular weight is 267 g/mol. The van der Waals surface area contributed by atoms with Crippen molar-refractivity contribution in [1.29, 1.82) is 0 Å². The lowest BCUT2D eigenvalue weighted by Gasteiger charge is -1.98. The first-order chi connectivity index (χ1) is 9.38. The molecular formula is C16H13NOS. The minimum absolute atomic E-state index is 0.0342. The van der Waals surface area contributed by atoms with Gasteiger partial charge in [-0.2, -0.15) is 0 Å². The molecule has 0 unspecified atom stereocenters. The van der Waals surface area contributed by atoms with Crippen molar-refractivity contribution in [3.8, 4) is 21.0 Å². The molecule has 0 radical (unpaired) electrons. The van der Waals surface area contributed by atoms with Crippen LogP contribution in [0.3, 0.4) is 0 Å². The van der Waals surface area contributed by atoms with Gasteiger partial charge in [0.25, 0.3) is 0 Å². The maximum Gasteiger partial charge on any atom is 0.124 e. The third-order valence-corrected chi connectivity index (χ3v) is 4.10. The zero-order chi connectivity index (χ0) is 13.1. The van der Waals surface area contributed by atoms with Crippen LogP contribution in [0, 0.1) is 0 Å². The topological polar surface area (TPSA) is 33.1 Å². The molecule has 1 N–H and O–H groups in total. The van der Waals surface area contributed by atoms with Crippen molar-refractivity contribution in [3.05, 3.63) is 66.4 Å². The number of rotatable bonds is 3. The molecule has 2 aromatic carbocycles. The number of aliphatic hydroxyl groups is 1. The average Bonchev–Trinajstić information content (AvgIpc) is 2.93. The Labute approximate surface area is 116 Å². The third-order valence-electron chi connectivity index (χ3n) is 2.90. The van der Waals surface area contributed by atoms with Crippen molar-refractivity contribution in [2.45, 2.75) is 6.61 Å². The summed E-state index contributed by atoms with van der Waals surface area (Å²) < 4.78 is 0. The highest BCUT2D eigenvalue weighted by atomic mass is 32.1. The Morgan fingerprint density at radius 1 is 0.842 bits per heavy atom. The van der Waals surface area contributed by atoms with Crippen LogP contribution in [0.15, 0.2) is 60.7 Å². The molecule has 1 aromatic heterocycles. The van der Waals surface area contributed by atoms with Gasteiger partial charge in [0, 0.05) is 5.56 Å². The Balaban J connectivity index is 2.09. The quantitative estimate of drug-likeness (QED) is 0.779. The summed E-state index contributed by atoms with van der Waals surface area (Å²) in [5, 5.41) is 10.4. The number of benzene rings is 2. The molecule has 0 aliphatic rings. The fraction of sp³-hybridized carbons (Fsp3) is 0.0625. The summed E-state index contributed by atoms with van der Waals surface area (Å²) in [5.41, 5.74) is 2.94. The Kier molecular flexibility index (Phi) is 3.40. The van der Waals surface area contributed by atoms with E-state index < -0.39 is 0 Å². The lowest BCUT2D eigenvalue weighted by Crippen LogP contribution is -1.86. The molecule has 0 fully saturated rings. The van der Waals surface area contributed by atoms with Crippen LogP contribution in [0.4, 0.5) is 0 Å². The van der Waals surface area contributed by atoms with Gasteiger partial charge in [-0.15, -0.1) is 11.3 Å². The second-order valence-corrected chi connectivity index (χ2v) is 5.18. The number of nitrogens with zero attached hydrogens (tertiary/aromatic N) is 1. The van der Waals surface area contributed by atoms with E-state index in [2.05, 4.69) is 4.98 Å². The predicted octanol–water partition coefficient (Wildman–Crippen LogP) is 3.97. The molecule has 0 amide bonds. The van der Waals surface area contributed by atoms with E-state index >= 15 is 0 Å². The molecule has 2 nitrogen and oxygen atoms in total. The maximum atomic E-state index is 9.48. The van der Waals surface area contributed by atoms with Gasteiger partial charge in [-0.05, 0) is 5.56 Å². The standard InChI is InChI=1S/C16H13NOS/c18-11-14-15(12-7-3-1-4-8-12)19-16(17-14)13-9-5-2-6-10-13/h1-10,18H,11H2. The first-order valence-corrected chi connectivity index (χ1v) is 6.91. The predicted molar refractivity (Wildman–Crippen MR) is 78.9 cm³/mol. The monoisotopic (exact) mass is 267 g/mol. The van der Waals surface area contributed by atoms with Crippen LogP contribution in [0.25, 0.3) is 21.0 Å². The number of aliphatic hydroxyl groups excluding tert-OH is 1. The Morgan fingerprint density at radius 2 is 1.42 bits per heavy atom. The van der Waals surface area contributed by atoms with Crippen LogP contribution in [0.5, 0.6) is 0 Å². The zero-order valence-electron chi connectivity index (χ0n) is 10.3. The second kappa shape index (κ2) is 5.34. The third kappa shape index (κ3) is 2.43. The Bertz CT molecular complexity index is 662. The summed E-state index contributed by atoms with van der Waals surface area (Å²) in [6.07, 6.45) is 0. The summed E-state index contributed by atoms with van der Waals surface area (Å²) >= 11 is 1.62. The van der Waals surface area contributed by atoms with Gasteiger partial charge >= 0.3 is 0 Å². The maximum absolute atomic E-state index is 9.48. The van der Waals surface area contributed by atoms with Crippen molar-refractivity contribution in [2.24, 2.45) is 0 Å². The van der Waals surface area contributed by atoms with Crippen molar-refractivity contribution in [3.63, 3.8) is 0 Å². The molecule has 3 heteroatoms. The Hall–Kier alpha value is -1.97. The van der Waals surface area contributed by atoms with E-state index in [0.717, 1.165) is 26.7 Å². The summed E-state index contributed by atoms with van der Waals surface area (Å²) in [5.74, 6) is 0. The van der Waals surface area contributed by atoms with E-state index in [1.165, 1.54) is 0 Å². The van der Waals surface area contributed by atoms with Gasteiger partial charge in [0.05, 0.1) is 17.2 Å². The van der Waals surface area contributed by atoms with Crippen LogP contribution in [-0.2, 0) is 6.61 Å². The van der Waals surface area contributed by atoms with Gasteiger partial charge in [-0.25, -0.2) is 4.98 Å². The lowest BCUT2D eigenvalue weighted by atomic mass is 10.1. The van der Waals surface area contributed by atoms with Gasteiger partial charge < -0.3 is 5.11 Å². The van der Waals surface area contributed by atoms with E-state index in [-0.39, 0.29) is 6.61 Å². The van der Waals surface area contributed by atoms with Gasteiger partial charge in [0.1, 0.15) is 5.01 Å². The smallest absolute Gasteiger partial charge is 0.124 e. The number of hydrogen-bond donors (Lipinski definition) is 1. The highest BCUT2D eigenvalue weighted by molar-refractivity contribution is 7.18. The van der Waals surface area contributed by atoms with Gasteiger partial charge in [-0.3, -0.25) is 0 Å². The molecule has 1 heterocycles. The second-order valence-electron chi connectivity index (χ2n) is 4.19. The van der Waals surface area contributed by atoms with Crippen LogP contribution < -0.4 is 0 Å². The van der Waals surface area contributed by atoms with Crippen molar-refractivity contribution < 1.29 is 5.11 Å². The highest BCUT2D eigenvalue weighted by Gasteiger charge is 2.13. The summed E-state index contributed by atoms with van der Waals surface area (Å²) in [4.78, 5) is 5.59. The van der Waals surface area contributed by atoms with E-state index in [4.69, 9.17) is 0 Å². The van der Waals surface area contributed by atoms with Gasteiger partial charge in [0.15, 0.2) is 0 Å². The molecule has 0 atom stereocenters. The molecular weight excluding hydrogens is 254 g/mol. The SMILES string of the molecule is OCc1nc(-c2ccccc2)sc1-c1ccccc1. The van der Waals surface area contributed by atoms with E-state index in [0.29, 0.717) is 0 Å². The first kappa shape index (κ1) is 12.1. The zero-order valence-corrected chi connectivity index (χ0v) is 11.1. The number of hydrogen-bond acceptors (Lipinski definition) is 3. The molecule has 0 bridgehead atoms. The molecule has 19 heavy (non-hydrogen) atoms. The Morgan fingerprint density at radius 3 is 2.00 bits per heavy atom. The first-order valence-electron chi connectivity index (χ1n) is 6.10. The highest BCUT2D eigenvalue weighted by Crippen LogP contribution is 2.35. The van der Waals surface area contributed by atoms with Gasteiger partial charge in [-0.1, -0.05) is 60.7 Å². The molecule has 0 saturated carbocycles. The molecule has 94 valence electrons. The summed E-state index contributed by atoms with van der Waals surface area (Å²) in [7, 11) is 0. The largest absolute Gasteiger partial charge is 0.390 e. The van der Waals surface area contributed by atoms with Crippen molar-refractivity contribution >= 4 is 11.3 Å². The van der Waals surface area contributed by atoms with E-state index in [1.807, 2.05) is 60.7 Å². The minimum Gasteiger partial charge on any atom is -0.390 e. The van der Waals surface area contributed by atoms with Crippen molar-refractivity contribution in [2.75, 3.05) is 0 Å². The summed E-state index contributed by atoms with van der Waals surface area (Å²) in [6, 6.07) is 20.1. The summed E-state index contributed by atoms with van der Waals surface area (Å²) in [6.45, 7) is -0.0342. The van der Waals surface area contributed by atoms with Crippen LogP contribution in [0.1, 0.15) is 5.69 Å². The fourth-order valence-electron chi connectivity index (χ4n) is 1.98. The molecule has 3 aromatic rings. The van der Waals surface area contributed by atoms with E-state index in [1.54, 1.807) is 11.3 Å². The molecule has 0 aliphatic heterocycles. The van der Waals surface area contributed by atoms with Crippen molar-refractivity contribution in [1.82, 2.24) is 4.98 Å². The van der Waals surface area contributed by atoms with Crippen LogP contribution in [-0.4, -0.2) is 10.1 Å². The minimum atomic E-state index is -0.0342. The lowest BCUT2D eigenvalue weighted by molar-refractivity contribution is 0.278. The number of aromatic nitrogens is 1. The van der Waals surface area contributed by atoms with Crippen LogP contribution in [0.2, 0.25) is 0 Å². The van der Waals surface area contributed by atoms with Crippen LogP contribution >= 0.6 is 11.3 Å². The van der Waals surface area contributed by atoms with E-state index in [9.17, 15) is 5.11 Å². The normalized spacial score (nSPS) is 10.6. The fourth-order valence-corrected chi connectivity index (χ4v) is 3.06. The molecule has 0 spiro atoms.